The lowest BCUT2D eigenvalue weighted by Crippen LogP contribution is -2.68. The molecule has 7 nitrogen and oxygen atoms in total. The molecule has 3 saturated carbocycles. The van der Waals surface area contributed by atoms with Gasteiger partial charge in [-0.25, -0.2) is 4.98 Å². The first kappa shape index (κ1) is 29.9. The number of aliphatic carboxylic acids is 1. The van der Waals surface area contributed by atoms with Gasteiger partial charge in [0.15, 0.2) is 5.75 Å². The molecule has 3 aliphatic rings. The van der Waals surface area contributed by atoms with Crippen LogP contribution >= 0.6 is 15.9 Å². The van der Waals surface area contributed by atoms with Crippen molar-refractivity contribution in [1.29, 1.82) is 0 Å². The third kappa shape index (κ3) is 5.49. The normalized spacial score (nSPS) is 22.9. The number of halogens is 4. The molecule has 1 aromatic heterocycles. The smallest absolute Gasteiger partial charge is 0.481 e. The number of hydrogen-bond acceptors (Lipinski definition) is 5. The van der Waals surface area contributed by atoms with Crippen molar-refractivity contribution in [3.63, 3.8) is 0 Å². The molecule has 44 heavy (non-hydrogen) atoms. The average molecular weight is 669 g/mol. The summed E-state index contributed by atoms with van der Waals surface area (Å²) in [6, 6.07) is 20.1. The highest BCUT2D eigenvalue weighted by molar-refractivity contribution is 9.10. The molecule has 3 aliphatic carbocycles. The standard InChI is InChI=1S/C33H29BrF3N3O4/c1-19-27(22-17-21(34)11-12-23(22)39-28(19)20-7-3-2-4-8-20)29(41)40-32-15-13-31(14-16-32,30(42)43)18-26(32)38-24-9-5-6-10-25(24)44-33(35,36)37/h2-12,17,26,38H,13-16,18H2,1H3,(H,40,41)(H,42,43). The second-order valence-corrected chi connectivity index (χ2v) is 12.5. The molecule has 2 bridgehead atoms. The minimum absolute atomic E-state index is 0.0670. The number of nitrogens with zero attached hydrogens (tertiary/aromatic N) is 1. The molecular formula is C33H29BrF3N3O4. The molecule has 1 unspecified atom stereocenters. The molecule has 1 heterocycles. The zero-order valence-electron chi connectivity index (χ0n) is 23.7. The van der Waals surface area contributed by atoms with Gasteiger partial charge in [0, 0.05) is 15.4 Å². The van der Waals surface area contributed by atoms with Crippen LogP contribution in [-0.4, -0.2) is 39.9 Å². The topological polar surface area (TPSA) is 101 Å². The number of aromatic nitrogens is 1. The van der Waals surface area contributed by atoms with E-state index < -0.39 is 35.1 Å². The van der Waals surface area contributed by atoms with Crippen LogP contribution in [0.2, 0.25) is 0 Å². The van der Waals surface area contributed by atoms with Gasteiger partial charge in [-0.15, -0.1) is 13.2 Å². The van der Waals surface area contributed by atoms with Gasteiger partial charge in [0.1, 0.15) is 0 Å². The number of carbonyl (C=O) groups excluding carboxylic acids is 1. The maximum Gasteiger partial charge on any atom is 0.573 e. The van der Waals surface area contributed by atoms with Crippen molar-refractivity contribution >= 4 is 44.4 Å². The Morgan fingerprint density at radius 2 is 1.68 bits per heavy atom. The lowest BCUT2D eigenvalue weighted by Gasteiger charge is -2.56. The maximum atomic E-state index is 14.4. The fraction of sp³-hybridized carbons (Fsp3) is 0.303. The van der Waals surface area contributed by atoms with Crippen LogP contribution in [0.4, 0.5) is 18.9 Å². The van der Waals surface area contributed by atoms with E-state index in [1.54, 1.807) is 6.07 Å². The molecule has 3 fully saturated rings. The van der Waals surface area contributed by atoms with Gasteiger partial charge in [-0.3, -0.25) is 9.59 Å². The molecule has 0 aliphatic heterocycles. The molecule has 0 radical (unpaired) electrons. The highest BCUT2D eigenvalue weighted by Crippen LogP contribution is 2.54. The van der Waals surface area contributed by atoms with E-state index in [1.165, 1.54) is 18.2 Å². The number of anilines is 1. The molecule has 1 atom stereocenters. The van der Waals surface area contributed by atoms with E-state index in [2.05, 4.69) is 31.3 Å². The van der Waals surface area contributed by atoms with Crippen molar-refractivity contribution in [2.24, 2.45) is 5.41 Å². The number of fused-ring (bicyclic) bond motifs is 4. The number of rotatable bonds is 7. The number of pyridine rings is 1. The van der Waals surface area contributed by atoms with Crippen molar-refractivity contribution in [2.45, 2.75) is 57.0 Å². The fourth-order valence-electron chi connectivity index (χ4n) is 6.79. The number of hydrogen-bond donors (Lipinski definition) is 3. The molecule has 0 spiro atoms. The molecule has 3 N–H and O–H groups in total. The molecule has 1 amide bonds. The summed E-state index contributed by atoms with van der Waals surface area (Å²) in [5, 5.41) is 17.2. The number of carboxylic acids is 1. The van der Waals surface area contributed by atoms with Gasteiger partial charge in [-0.1, -0.05) is 58.4 Å². The van der Waals surface area contributed by atoms with Gasteiger partial charge in [0.05, 0.1) is 39.5 Å². The number of nitrogens with one attached hydrogen (secondary N) is 2. The monoisotopic (exact) mass is 667 g/mol. The van der Waals surface area contributed by atoms with Gasteiger partial charge >= 0.3 is 12.3 Å². The molecule has 4 aromatic rings. The van der Waals surface area contributed by atoms with Crippen LogP contribution < -0.4 is 15.4 Å². The summed E-state index contributed by atoms with van der Waals surface area (Å²) in [5.74, 6) is -1.74. The van der Waals surface area contributed by atoms with E-state index in [9.17, 15) is 27.9 Å². The molecule has 7 rings (SSSR count). The lowest BCUT2D eigenvalue weighted by atomic mass is 9.55. The second kappa shape index (κ2) is 11.1. The van der Waals surface area contributed by atoms with Crippen LogP contribution in [0.3, 0.4) is 0 Å². The summed E-state index contributed by atoms with van der Waals surface area (Å²) in [6.45, 7) is 1.85. The van der Waals surface area contributed by atoms with Crippen LogP contribution in [0, 0.1) is 12.3 Å². The van der Waals surface area contributed by atoms with Crippen LogP contribution in [0.5, 0.6) is 5.75 Å². The summed E-state index contributed by atoms with van der Waals surface area (Å²) in [6.07, 6.45) is -3.45. The molecule has 11 heteroatoms. The number of ether oxygens (including phenoxy) is 1. The number of benzene rings is 3. The molecule has 0 saturated heterocycles. The van der Waals surface area contributed by atoms with Crippen LogP contribution in [0.15, 0.2) is 77.3 Å². The number of carboxylic acid groups (broad SMARTS) is 1. The highest BCUT2D eigenvalue weighted by Gasteiger charge is 2.58. The summed E-state index contributed by atoms with van der Waals surface area (Å²) in [7, 11) is 0. The summed E-state index contributed by atoms with van der Waals surface area (Å²) in [4.78, 5) is 31.7. The quantitative estimate of drug-likeness (QED) is 0.185. The fourth-order valence-corrected chi connectivity index (χ4v) is 7.15. The summed E-state index contributed by atoms with van der Waals surface area (Å²) < 4.78 is 44.7. The Bertz CT molecular complexity index is 1750. The number of carbonyl (C=O) groups is 2. The number of amides is 1. The van der Waals surface area contributed by atoms with Gasteiger partial charge in [0.25, 0.3) is 5.91 Å². The first-order valence-corrected chi connectivity index (χ1v) is 15.0. The van der Waals surface area contributed by atoms with E-state index in [-0.39, 0.29) is 18.0 Å². The van der Waals surface area contributed by atoms with E-state index in [4.69, 9.17) is 4.98 Å². The van der Waals surface area contributed by atoms with Gasteiger partial charge in [0.2, 0.25) is 0 Å². The predicted molar refractivity (Wildman–Crippen MR) is 164 cm³/mol. The van der Waals surface area contributed by atoms with E-state index in [0.29, 0.717) is 53.4 Å². The van der Waals surface area contributed by atoms with Gasteiger partial charge < -0.3 is 20.5 Å². The third-order valence-electron chi connectivity index (χ3n) is 9.08. The van der Waals surface area contributed by atoms with Crippen LogP contribution in [0.1, 0.15) is 48.0 Å². The number of alkyl halides is 3. The van der Waals surface area contributed by atoms with Crippen molar-refractivity contribution in [2.75, 3.05) is 5.32 Å². The van der Waals surface area contributed by atoms with E-state index in [0.717, 1.165) is 10.0 Å². The van der Waals surface area contributed by atoms with Crippen molar-refractivity contribution in [3.05, 3.63) is 88.4 Å². The van der Waals surface area contributed by atoms with Crippen LogP contribution in [0.25, 0.3) is 22.2 Å². The zero-order valence-corrected chi connectivity index (χ0v) is 25.3. The average Bonchev–Trinajstić information content (AvgIpc) is 2.98. The Morgan fingerprint density at radius 1 is 1.00 bits per heavy atom. The first-order chi connectivity index (χ1) is 20.9. The van der Waals surface area contributed by atoms with Gasteiger partial charge in [-0.2, -0.15) is 0 Å². The van der Waals surface area contributed by atoms with Crippen molar-refractivity contribution in [1.82, 2.24) is 10.3 Å². The third-order valence-corrected chi connectivity index (χ3v) is 9.58. The first-order valence-electron chi connectivity index (χ1n) is 14.2. The van der Waals surface area contributed by atoms with Gasteiger partial charge in [-0.05, 0) is 74.9 Å². The Balaban J connectivity index is 1.42. The zero-order chi connectivity index (χ0) is 31.3. The van der Waals surface area contributed by atoms with Crippen molar-refractivity contribution < 1.29 is 32.6 Å². The molecule has 228 valence electrons. The predicted octanol–water partition coefficient (Wildman–Crippen LogP) is 7.87. The summed E-state index contributed by atoms with van der Waals surface area (Å²) >= 11 is 3.51. The van der Waals surface area contributed by atoms with E-state index >= 15 is 0 Å². The van der Waals surface area contributed by atoms with Crippen molar-refractivity contribution in [3.8, 4) is 17.0 Å². The minimum Gasteiger partial charge on any atom is -0.481 e. The SMILES string of the molecule is Cc1c(-c2ccccc2)nc2ccc(Br)cc2c1C(=O)NC12CCC(C(=O)O)(CC1)CC2Nc1ccccc1OC(F)(F)F. The number of para-hydroxylation sites is 2. The minimum atomic E-state index is -4.91. The molecular weight excluding hydrogens is 639 g/mol. The second-order valence-electron chi connectivity index (χ2n) is 11.6. The summed E-state index contributed by atoms with van der Waals surface area (Å²) in [5.41, 5.74) is 1.34. The maximum absolute atomic E-state index is 14.4. The van der Waals surface area contributed by atoms with Crippen LogP contribution in [-0.2, 0) is 4.79 Å². The molecule has 3 aromatic carbocycles. The lowest BCUT2D eigenvalue weighted by molar-refractivity contribution is -0.274. The highest BCUT2D eigenvalue weighted by atomic mass is 79.9. The largest absolute Gasteiger partial charge is 0.573 e. The Morgan fingerprint density at radius 3 is 2.36 bits per heavy atom. The van der Waals surface area contributed by atoms with E-state index in [1.807, 2.05) is 55.5 Å². The Hall–Kier alpha value is -4.12. The Labute approximate surface area is 260 Å². The Kier molecular flexibility index (Phi) is 7.55.